The van der Waals surface area contributed by atoms with Crippen molar-refractivity contribution in [2.45, 2.75) is 12.5 Å². The van der Waals surface area contributed by atoms with Crippen molar-refractivity contribution in [1.82, 2.24) is 9.88 Å². The van der Waals surface area contributed by atoms with E-state index in [0.29, 0.717) is 17.7 Å². The van der Waals surface area contributed by atoms with Gasteiger partial charge in [0.05, 0.1) is 23.3 Å². The Kier molecular flexibility index (Phi) is 2.67. The van der Waals surface area contributed by atoms with Crippen molar-refractivity contribution in [2.24, 2.45) is 7.05 Å². The summed E-state index contributed by atoms with van der Waals surface area (Å²) in [6.45, 7) is 0. The predicted molar refractivity (Wildman–Crippen MR) is 69.7 cm³/mol. The first-order chi connectivity index (χ1) is 8.96. The SMILES string of the molecule is Cn1c(C(=O)NC2CCS(=O)(=O)C2)cc2occc21. The van der Waals surface area contributed by atoms with Crippen molar-refractivity contribution in [1.29, 1.82) is 0 Å². The van der Waals surface area contributed by atoms with Gasteiger partial charge in [-0.1, -0.05) is 0 Å². The molecule has 0 aliphatic carbocycles. The third kappa shape index (κ3) is 2.14. The highest BCUT2D eigenvalue weighted by Crippen LogP contribution is 2.20. The average Bonchev–Trinajstić information content (AvgIpc) is 2.97. The van der Waals surface area contributed by atoms with Gasteiger partial charge in [0, 0.05) is 25.2 Å². The second-order valence-electron chi connectivity index (χ2n) is 4.83. The number of rotatable bonds is 2. The van der Waals surface area contributed by atoms with Crippen LogP contribution in [-0.2, 0) is 16.9 Å². The molecule has 102 valence electrons. The van der Waals surface area contributed by atoms with Crippen LogP contribution in [0.3, 0.4) is 0 Å². The molecule has 1 aliphatic heterocycles. The smallest absolute Gasteiger partial charge is 0.268 e. The van der Waals surface area contributed by atoms with E-state index in [1.54, 1.807) is 30.0 Å². The van der Waals surface area contributed by atoms with E-state index in [1.807, 2.05) is 0 Å². The quantitative estimate of drug-likeness (QED) is 0.878. The predicted octanol–water partition coefficient (Wildman–Crippen LogP) is 0.688. The van der Waals surface area contributed by atoms with E-state index >= 15 is 0 Å². The molecule has 7 heteroatoms. The maximum absolute atomic E-state index is 12.1. The number of fused-ring (bicyclic) bond motifs is 1. The molecule has 0 saturated carbocycles. The molecule has 1 atom stereocenters. The number of nitrogens with zero attached hydrogens (tertiary/aromatic N) is 1. The van der Waals surface area contributed by atoms with Crippen LogP contribution in [0.15, 0.2) is 22.8 Å². The Morgan fingerprint density at radius 1 is 1.53 bits per heavy atom. The molecule has 6 nitrogen and oxygen atoms in total. The van der Waals surface area contributed by atoms with Gasteiger partial charge in [0.25, 0.3) is 5.91 Å². The van der Waals surface area contributed by atoms with Crippen LogP contribution >= 0.6 is 0 Å². The van der Waals surface area contributed by atoms with Gasteiger partial charge in [0.15, 0.2) is 15.4 Å². The first-order valence-electron chi connectivity index (χ1n) is 6.00. The lowest BCUT2D eigenvalue weighted by atomic mass is 10.2. The monoisotopic (exact) mass is 282 g/mol. The van der Waals surface area contributed by atoms with Crippen LogP contribution in [-0.4, -0.2) is 36.4 Å². The molecular weight excluding hydrogens is 268 g/mol. The fourth-order valence-electron chi connectivity index (χ4n) is 2.44. The van der Waals surface area contributed by atoms with Crippen LogP contribution in [0.2, 0.25) is 0 Å². The molecule has 1 saturated heterocycles. The number of aryl methyl sites for hydroxylation is 1. The van der Waals surface area contributed by atoms with Gasteiger partial charge in [-0.3, -0.25) is 4.79 Å². The summed E-state index contributed by atoms with van der Waals surface area (Å²) in [5.74, 6) is -0.0943. The number of aromatic nitrogens is 1. The highest BCUT2D eigenvalue weighted by molar-refractivity contribution is 7.91. The van der Waals surface area contributed by atoms with Crippen molar-refractivity contribution < 1.29 is 17.6 Å². The summed E-state index contributed by atoms with van der Waals surface area (Å²) in [6, 6.07) is 3.15. The normalized spacial score (nSPS) is 21.8. The summed E-state index contributed by atoms with van der Waals surface area (Å²) in [5.41, 5.74) is 1.95. The van der Waals surface area contributed by atoms with Crippen LogP contribution in [0, 0.1) is 0 Å². The van der Waals surface area contributed by atoms with Gasteiger partial charge in [-0.2, -0.15) is 0 Å². The van der Waals surface area contributed by atoms with E-state index in [4.69, 9.17) is 4.42 Å². The molecule has 0 radical (unpaired) electrons. The maximum Gasteiger partial charge on any atom is 0.268 e. The summed E-state index contributed by atoms with van der Waals surface area (Å²) in [7, 11) is -1.21. The van der Waals surface area contributed by atoms with Gasteiger partial charge in [0.2, 0.25) is 0 Å². The van der Waals surface area contributed by atoms with E-state index in [1.165, 1.54) is 0 Å². The Hall–Kier alpha value is -1.76. The van der Waals surface area contributed by atoms with Crippen molar-refractivity contribution in [2.75, 3.05) is 11.5 Å². The molecule has 0 bridgehead atoms. The zero-order valence-corrected chi connectivity index (χ0v) is 11.2. The van der Waals surface area contributed by atoms with Crippen LogP contribution in [0.25, 0.3) is 11.1 Å². The van der Waals surface area contributed by atoms with E-state index in [0.717, 1.165) is 5.52 Å². The summed E-state index contributed by atoms with van der Waals surface area (Å²) < 4.78 is 29.7. The minimum absolute atomic E-state index is 0.0271. The van der Waals surface area contributed by atoms with Gasteiger partial charge in [-0.25, -0.2) is 8.42 Å². The third-order valence-corrected chi connectivity index (χ3v) is 5.23. The first-order valence-corrected chi connectivity index (χ1v) is 7.82. The van der Waals surface area contributed by atoms with E-state index in [9.17, 15) is 13.2 Å². The van der Waals surface area contributed by atoms with Crippen molar-refractivity contribution in [3.05, 3.63) is 24.1 Å². The molecule has 0 spiro atoms. The summed E-state index contributed by atoms with van der Waals surface area (Å²) in [4.78, 5) is 12.1. The number of sulfone groups is 1. The van der Waals surface area contributed by atoms with Gasteiger partial charge in [-0.05, 0) is 6.42 Å². The minimum atomic E-state index is -2.99. The molecule has 3 rings (SSSR count). The zero-order valence-electron chi connectivity index (χ0n) is 10.4. The van der Waals surface area contributed by atoms with E-state index in [-0.39, 0.29) is 23.5 Å². The highest BCUT2D eigenvalue weighted by Gasteiger charge is 2.29. The lowest BCUT2D eigenvalue weighted by molar-refractivity contribution is 0.0933. The summed E-state index contributed by atoms with van der Waals surface area (Å²) in [5, 5.41) is 2.76. The number of hydrogen-bond donors (Lipinski definition) is 1. The standard InChI is InChI=1S/C12H14N2O4S/c1-14-9-2-4-18-11(9)6-10(14)12(15)13-8-3-5-19(16,17)7-8/h2,4,6,8H,3,5,7H2,1H3,(H,13,15). The Morgan fingerprint density at radius 2 is 2.32 bits per heavy atom. The molecule has 2 aromatic rings. The molecule has 1 aliphatic rings. The molecule has 1 unspecified atom stereocenters. The number of amides is 1. The number of carbonyl (C=O) groups is 1. The van der Waals surface area contributed by atoms with Gasteiger partial charge < -0.3 is 14.3 Å². The Labute approximate surface area is 110 Å². The van der Waals surface area contributed by atoms with Crippen LogP contribution in [0.1, 0.15) is 16.9 Å². The Bertz CT molecular complexity index is 741. The number of nitrogens with one attached hydrogen (secondary N) is 1. The highest BCUT2D eigenvalue weighted by atomic mass is 32.2. The van der Waals surface area contributed by atoms with E-state index in [2.05, 4.69) is 5.32 Å². The topological polar surface area (TPSA) is 81.3 Å². The van der Waals surface area contributed by atoms with Crippen molar-refractivity contribution in [3.63, 3.8) is 0 Å². The molecule has 3 heterocycles. The van der Waals surface area contributed by atoms with Crippen LogP contribution in [0.4, 0.5) is 0 Å². The molecule has 1 N–H and O–H groups in total. The number of hydrogen-bond acceptors (Lipinski definition) is 4. The van der Waals surface area contributed by atoms with Crippen LogP contribution in [0.5, 0.6) is 0 Å². The lowest BCUT2D eigenvalue weighted by Gasteiger charge is -2.11. The van der Waals surface area contributed by atoms with Crippen molar-refractivity contribution in [3.8, 4) is 0 Å². The number of furan rings is 1. The fourth-order valence-corrected chi connectivity index (χ4v) is 4.11. The molecule has 1 amide bonds. The van der Waals surface area contributed by atoms with Gasteiger partial charge in [0.1, 0.15) is 5.69 Å². The van der Waals surface area contributed by atoms with Crippen LogP contribution < -0.4 is 5.32 Å². The minimum Gasteiger partial charge on any atom is -0.463 e. The molecule has 0 aromatic carbocycles. The second-order valence-corrected chi connectivity index (χ2v) is 7.06. The van der Waals surface area contributed by atoms with Gasteiger partial charge in [-0.15, -0.1) is 0 Å². The fraction of sp³-hybridized carbons (Fsp3) is 0.417. The first kappa shape index (κ1) is 12.3. The van der Waals surface area contributed by atoms with Crippen molar-refractivity contribution >= 4 is 26.8 Å². The second kappa shape index (κ2) is 4.12. The zero-order chi connectivity index (χ0) is 13.6. The summed E-state index contributed by atoms with van der Waals surface area (Å²) >= 11 is 0. The third-order valence-electron chi connectivity index (χ3n) is 3.46. The van der Waals surface area contributed by atoms with Gasteiger partial charge >= 0.3 is 0 Å². The Morgan fingerprint density at radius 3 is 2.95 bits per heavy atom. The largest absolute Gasteiger partial charge is 0.463 e. The average molecular weight is 282 g/mol. The molecular formula is C12H14N2O4S. The van der Waals surface area contributed by atoms with E-state index < -0.39 is 9.84 Å². The molecule has 2 aromatic heterocycles. The summed E-state index contributed by atoms with van der Waals surface area (Å²) in [6.07, 6.45) is 2.05. The molecule has 1 fully saturated rings. The molecule has 19 heavy (non-hydrogen) atoms. The number of carbonyl (C=O) groups excluding carboxylic acids is 1. The Balaban J connectivity index is 1.81. The maximum atomic E-state index is 12.1. The lowest BCUT2D eigenvalue weighted by Crippen LogP contribution is -2.36.